The summed E-state index contributed by atoms with van der Waals surface area (Å²) < 4.78 is 2.81. The lowest BCUT2D eigenvalue weighted by Crippen LogP contribution is -2.15. The zero-order chi connectivity index (χ0) is 18.0. The number of aromatic nitrogens is 4. The Morgan fingerprint density at radius 2 is 2.16 bits per heavy atom. The predicted octanol–water partition coefficient (Wildman–Crippen LogP) is 2.71. The summed E-state index contributed by atoms with van der Waals surface area (Å²) in [5, 5.41) is 22.0. The number of amides is 1. The molecular weight excluding hydrogens is 348 g/mol. The van der Waals surface area contributed by atoms with E-state index in [9.17, 15) is 14.9 Å². The normalized spacial score (nSPS) is 10.6. The molecule has 0 aliphatic heterocycles. The Balaban J connectivity index is 1.71. The van der Waals surface area contributed by atoms with Crippen molar-refractivity contribution in [2.24, 2.45) is 0 Å². The number of carbonyl (C=O) groups is 1. The molecule has 1 aromatic carbocycles. The van der Waals surface area contributed by atoms with Gasteiger partial charge in [0.15, 0.2) is 5.69 Å². The molecule has 3 aromatic rings. The molecule has 0 unspecified atom stereocenters. The highest BCUT2D eigenvalue weighted by molar-refractivity contribution is 6.31. The molecule has 0 saturated heterocycles. The van der Waals surface area contributed by atoms with Gasteiger partial charge in [0.25, 0.3) is 5.91 Å². The van der Waals surface area contributed by atoms with E-state index in [4.69, 9.17) is 11.6 Å². The number of hydrogen-bond donors (Lipinski definition) is 1. The van der Waals surface area contributed by atoms with Crippen LogP contribution in [0.4, 0.5) is 11.4 Å². The van der Waals surface area contributed by atoms with Crippen LogP contribution in [0.2, 0.25) is 5.02 Å². The first-order chi connectivity index (χ1) is 11.9. The van der Waals surface area contributed by atoms with Gasteiger partial charge in [-0.15, -0.1) is 0 Å². The van der Waals surface area contributed by atoms with E-state index in [-0.39, 0.29) is 24.0 Å². The Morgan fingerprint density at radius 1 is 1.36 bits per heavy atom. The van der Waals surface area contributed by atoms with E-state index in [1.54, 1.807) is 37.4 Å². The van der Waals surface area contributed by atoms with Gasteiger partial charge in [-0.05, 0) is 30.7 Å². The van der Waals surface area contributed by atoms with Crippen LogP contribution < -0.4 is 5.32 Å². The molecule has 0 bridgehead atoms. The Kier molecular flexibility index (Phi) is 4.48. The second-order valence-electron chi connectivity index (χ2n) is 5.24. The highest BCUT2D eigenvalue weighted by Crippen LogP contribution is 2.23. The molecule has 2 aromatic heterocycles. The van der Waals surface area contributed by atoms with Crippen molar-refractivity contribution < 1.29 is 9.72 Å². The number of rotatable bonds is 5. The van der Waals surface area contributed by atoms with E-state index in [1.165, 1.54) is 15.6 Å². The van der Waals surface area contributed by atoms with Crippen molar-refractivity contribution in [1.29, 1.82) is 0 Å². The fourth-order valence-corrected chi connectivity index (χ4v) is 2.34. The highest BCUT2D eigenvalue weighted by atomic mass is 35.5. The molecule has 0 aliphatic rings. The third-order valence-corrected chi connectivity index (χ3v) is 3.92. The Morgan fingerprint density at radius 3 is 2.88 bits per heavy atom. The van der Waals surface area contributed by atoms with Crippen LogP contribution in [0.25, 0.3) is 0 Å². The number of benzene rings is 1. The lowest BCUT2D eigenvalue weighted by Gasteiger charge is -2.08. The number of nitro groups is 1. The van der Waals surface area contributed by atoms with E-state index in [0.29, 0.717) is 10.7 Å². The molecule has 1 amide bonds. The first-order valence-corrected chi connectivity index (χ1v) is 7.58. The van der Waals surface area contributed by atoms with Crippen molar-refractivity contribution in [2.45, 2.75) is 13.6 Å². The molecule has 0 fully saturated rings. The molecule has 0 atom stereocenters. The van der Waals surface area contributed by atoms with Gasteiger partial charge >= 0.3 is 5.69 Å². The molecule has 25 heavy (non-hydrogen) atoms. The third-order valence-electron chi connectivity index (χ3n) is 3.51. The third kappa shape index (κ3) is 3.66. The van der Waals surface area contributed by atoms with E-state index >= 15 is 0 Å². The van der Waals surface area contributed by atoms with Crippen LogP contribution in [0.5, 0.6) is 0 Å². The maximum absolute atomic E-state index is 12.3. The molecule has 128 valence electrons. The van der Waals surface area contributed by atoms with Gasteiger partial charge in [-0.1, -0.05) is 17.7 Å². The van der Waals surface area contributed by atoms with Crippen LogP contribution in [0.1, 0.15) is 16.1 Å². The van der Waals surface area contributed by atoms with Gasteiger partial charge in [-0.2, -0.15) is 10.2 Å². The average Bonchev–Trinajstić information content (AvgIpc) is 3.22. The standard InChI is InChI=1S/C15H13ClN6O3/c1-10-12(16)3-2-4-13(10)18-15(23)14-5-6-20(19-14)9-21-8-11(7-17-21)22(24)25/h2-8H,9H2,1H3,(H,18,23). The first kappa shape index (κ1) is 16.7. The van der Waals surface area contributed by atoms with Crippen molar-refractivity contribution >= 4 is 28.9 Å². The maximum Gasteiger partial charge on any atom is 0.307 e. The summed E-state index contributed by atoms with van der Waals surface area (Å²) in [4.78, 5) is 22.4. The van der Waals surface area contributed by atoms with Crippen molar-refractivity contribution in [3.8, 4) is 0 Å². The smallest absolute Gasteiger partial charge is 0.307 e. The molecule has 9 nitrogen and oxygen atoms in total. The van der Waals surface area contributed by atoms with Crippen molar-refractivity contribution in [2.75, 3.05) is 5.32 Å². The van der Waals surface area contributed by atoms with Crippen LogP contribution >= 0.6 is 11.6 Å². The predicted molar refractivity (Wildman–Crippen MR) is 90.6 cm³/mol. The number of hydrogen-bond acceptors (Lipinski definition) is 5. The number of nitrogens with zero attached hydrogens (tertiary/aromatic N) is 5. The number of halogens is 1. The van der Waals surface area contributed by atoms with Crippen molar-refractivity contribution in [3.63, 3.8) is 0 Å². The van der Waals surface area contributed by atoms with Crippen molar-refractivity contribution in [1.82, 2.24) is 19.6 Å². The summed E-state index contributed by atoms with van der Waals surface area (Å²) in [5.74, 6) is -0.379. The molecule has 1 N–H and O–H groups in total. The van der Waals surface area contributed by atoms with Gasteiger partial charge in [-0.25, -0.2) is 4.68 Å². The topological polar surface area (TPSA) is 108 Å². The molecule has 2 heterocycles. The summed E-state index contributed by atoms with van der Waals surface area (Å²) in [5.41, 5.74) is 1.47. The van der Waals surface area contributed by atoms with E-state index in [2.05, 4.69) is 15.5 Å². The van der Waals surface area contributed by atoms with E-state index in [0.717, 1.165) is 11.8 Å². The maximum atomic E-state index is 12.3. The zero-order valence-corrected chi connectivity index (χ0v) is 13.8. The van der Waals surface area contributed by atoms with Gasteiger partial charge in [-0.3, -0.25) is 19.6 Å². The summed E-state index contributed by atoms with van der Waals surface area (Å²) in [6.07, 6.45) is 4.03. The number of carbonyl (C=O) groups excluding carboxylic acids is 1. The number of nitrogens with one attached hydrogen (secondary N) is 1. The summed E-state index contributed by atoms with van der Waals surface area (Å²) in [6.45, 7) is 1.96. The number of anilines is 1. The van der Waals surface area contributed by atoms with Gasteiger partial charge in [0.2, 0.25) is 0 Å². The van der Waals surface area contributed by atoms with Crippen molar-refractivity contribution in [3.05, 3.63) is 69.3 Å². The van der Waals surface area contributed by atoms with Crippen LogP contribution in [0.3, 0.4) is 0 Å². The minimum absolute atomic E-state index is 0.110. The summed E-state index contributed by atoms with van der Waals surface area (Å²) >= 11 is 6.03. The largest absolute Gasteiger partial charge is 0.320 e. The lowest BCUT2D eigenvalue weighted by molar-refractivity contribution is -0.385. The molecule has 0 saturated carbocycles. The molecule has 0 radical (unpaired) electrons. The molecule has 10 heteroatoms. The summed E-state index contributed by atoms with van der Waals surface area (Å²) in [6, 6.07) is 6.78. The Labute approximate surface area is 147 Å². The molecule has 0 aliphatic carbocycles. The van der Waals surface area contributed by atoms with Gasteiger partial charge in [0.1, 0.15) is 19.1 Å². The fraction of sp³-hybridized carbons (Fsp3) is 0.133. The molecular formula is C15H13ClN6O3. The molecule has 0 spiro atoms. The SMILES string of the molecule is Cc1c(Cl)cccc1NC(=O)c1ccn(Cn2cc([N+](=O)[O-])cn2)n1. The second kappa shape index (κ2) is 6.73. The van der Waals surface area contributed by atoms with Gasteiger partial charge in [0, 0.05) is 16.9 Å². The van der Waals surface area contributed by atoms with Crippen LogP contribution in [-0.2, 0) is 6.67 Å². The monoisotopic (exact) mass is 360 g/mol. The second-order valence-corrected chi connectivity index (χ2v) is 5.65. The Hall–Kier alpha value is -3.20. The minimum Gasteiger partial charge on any atom is -0.320 e. The highest BCUT2D eigenvalue weighted by Gasteiger charge is 2.13. The zero-order valence-electron chi connectivity index (χ0n) is 13.1. The van der Waals surface area contributed by atoms with E-state index < -0.39 is 4.92 Å². The van der Waals surface area contributed by atoms with Crippen LogP contribution in [0.15, 0.2) is 42.9 Å². The van der Waals surface area contributed by atoms with Crippen LogP contribution in [0, 0.1) is 17.0 Å². The minimum atomic E-state index is -0.529. The lowest BCUT2D eigenvalue weighted by atomic mass is 10.2. The van der Waals surface area contributed by atoms with Gasteiger partial charge < -0.3 is 5.32 Å². The Bertz CT molecular complexity index is 948. The average molecular weight is 361 g/mol. The fourth-order valence-electron chi connectivity index (χ4n) is 2.16. The molecule has 3 rings (SSSR count). The first-order valence-electron chi connectivity index (χ1n) is 7.21. The van der Waals surface area contributed by atoms with Gasteiger partial charge in [0.05, 0.1) is 4.92 Å². The van der Waals surface area contributed by atoms with Crippen LogP contribution in [-0.4, -0.2) is 30.4 Å². The van der Waals surface area contributed by atoms with E-state index in [1.807, 2.05) is 0 Å². The quantitative estimate of drug-likeness (QED) is 0.556. The summed E-state index contributed by atoms with van der Waals surface area (Å²) in [7, 11) is 0.